The van der Waals surface area contributed by atoms with Gasteiger partial charge in [0.05, 0.1) is 12.2 Å². The lowest BCUT2D eigenvalue weighted by Gasteiger charge is -2.07. The first-order chi connectivity index (χ1) is 10.1. The molecule has 1 N–H and O–H groups in total. The van der Waals surface area contributed by atoms with Crippen molar-refractivity contribution in [3.8, 4) is 5.75 Å². The highest BCUT2D eigenvalue weighted by Gasteiger charge is 2.09. The van der Waals surface area contributed by atoms with E-state index in [9.17, 15) is 4.79 Å². The number of thioether (sulfide) groups is 1. The molecule has 6 heteroatoms. The zero-order valence-corrected chi connectivity index (χ0v) is 14.0. The van der Waals surface area contributed by atoms with E-state index in [1.54, 1.807) is 36.0 Å². The molecule has 0 aliphatic rings. The predicted octanol–water partition coefficient (Wildman–Crippen LogP) is 4.97. The minimum Gasteiger partial charge on any atom is -0.493 e. The quantitative estimate of drug-likeness (QED) is 0.561. The monoisotopic (exact) mass is 386 g/mol. The van der Waals surface area contributed by atoms with Crippen LogP contribution in [-0.4, -0.2) is 23.4 Å². The molecule has 0 amide bonds. The Hall–Kier alpha value is -1.17. The van der Waals surface area contributed by atoms with Crippen LogP contribution in [0, 0.1) is 0 Å². The summed E-state index contributed by atoms with van der Waals surface area (Å²) in [6.45, 7) is 0.517. The number of hydrogen-bond donors (Lipinski definition) is 1. The second kappa shape index (κ2) is 7.73. The van der Waals surface area contributed by atoms with E-state index >= 15 is 0 Å². The molecule has 110 valence electrons. The van der Waals surface area contributed by atoms with Crippen molar-refractivity contribution >= 4 is 45.3 Å². The van der Waals surface area contributed by atoms with Gasteiger partial charge >= 0.3 is 5.97 Å². The molecule has 0 aromatic heterocycles. The Balaban J connectivity index is 1.86. The van der Waals surface area contributed by atoms with E-state index in [-0.39, 0.29) is 5.56 Å². The van der Waals surface area contributed by atoms with Gasteiger partial charge in [-0.3, -0.25) is 0 Å². The van der Waals surface area contributed by atoms with Crippen molar-refractivity contribution in [1.29, 1.82) is 0 Å². The van der Waals surface area contributed by atoms with Crippen LogP contribution in [0.1, 0.15) is 10.4 Å². The van der Waals surface area contributed by atoms with Crippen molar-refractivity contribution in [1.82, 2.24) is 0 Å². The first-order valence-electron chi connectivity index (χ1n) is 6.10. The summed E-state index contributed by atoms with van der Waals surface area (Å²) in [5, 5.41) is 9.70. The first kappa shape index (κ1) is 16.2. The number of hydrogen-bond acceptors (Lipinski definition) is 3. The summed E-state index contributed by atoms with van der Waals surface area (Å²) in [5.41, 5.74) is 0.260. The molecule has 2 aromatic rings. The van der Waals surface area contributed by atoms with Crippen LogP contribution in [0.15, 0.2) is 51.8 Å². The molecule has 3 nitrogen and oxygen atoms in total. The highest BCUT2D eigenvalue weighted by Crippen LogP contribution is 2.25. The van der Waals surface area contributed by atoms with E-state index in [1.165, 1.54) is 0 Å². The Morgan fingerprint density at radius 1 is 1.29 bits per heavy atom. The van der Waals surface area contributed by atoms with Crippen LogP contribution in [0.3, 0.4) is 0 Å². The molecule has 0 saturated heterocycles. The van der Waals surface area contributed by atoms with Crippen LogP contribution in [0.2, 0.25) is 5.02 Å². The molecule has 0 bridgehead atoms. The molecule has 0 spiro atoms. The van der Waals surface area contributed by atoms with E-state index in [4.69, 9.17) is 21.4 Å². The SMILES string of the molecule is O=C(O)c1cc(SCCOc2cccc(Cl)c2)ccc1Br. The third-order valence-corrected chi connectivity index (χ3v) is 4.47. The Labute approximate surface area is 140 Å². The molecule has 0 heterocycles. The van der Waals surface area contributed by atoms with Gasteiger partial charge in [0.2, 0.25) is 0 Å². The van der Waals surface area contributed by atoms with E-state index in [1.807, 2.05) is 18.2 Å². The van der Waals surface area contributed by atoms with Crippen molar-refractivity contribution in [2.24, 2.45) is 0 Å². The zero-order chi connectivity index (χ0) is 15.2. The summed E-state index contributed by atoms with van der Waals surface area (Å²) >= 11 is 10.6. The van der Waals surface area contributed by atoms with Gasteiger partial charge in [0, 0.05) is 20.1 Å². The third kappa shape index (κ3) is 4.95. The lowest BCUT2D eigenvalue weighted by Crippen LogP contribution is -2.01. The maximum absolute atomic E-state index is 11.0. The fourth-order valence-electron chi connectivity index (χ4n) is 1.63. The van der Waals surface area contributed by atoms with E-state index in [0.717, 1.165) is 10.6 Å². The fourth-order valence-corrected chi connectivity index (χ4v) is 3.00. The lowest BCUT2D eigenvalue weighted by molar-refractivity contribution is 0.0695. The van der Waals surface area contributed by atoms with Crippen LogP contribution < -0.4 is 4.74 Å². The number of carbonyl (C=O) groups is 1. The number of halogens is 2. The predicted molar refractivity (Wildman–Crippen MR) is 88.8 cm³/mol. The number of rotatable bonds is 6. The van der Waals surface area contributed by atoms with Gasteiger partial charge in [-0.2, -0.15) is 0 Å². The van der Waals surface area contributed by atoms with Gasteiger partial charge in [0.15, 0.2) is 0 Å². The second-order valence-electron chi connectivity index (χ2n) is 4.10. The fraction of sp³-hybridized carbons (Fsp3) is 0.133. The summed E-state index contributed by atoms with van der Waals surface area (Å²) in [6.07, 6.45) is 0. The zero-order valence-electron chi connectivity index (χ0n) is 10.9. The summed E-state index contributed by atoms with van der Waals surface area (Å²) in [7, 11) is 0. The van der Waals surface area contributed by atoms with Gasteiger partial charge < -0.3 is 9.84 Å². The molecule has 2 aromatic carbocycles. The van der Waals surface area contributed by atoms with Crippen LogP contribution in [0.25, 0.3) is 0 Å². The third-order valence-electron chi connectivity index (χ3n) is 2.59. The number of carboxylic acid groups (broad SMARTS) is 1. The van der Waals surface area contributed by atoms with Gasteiger partial charge in [-0.1, -0.05) is 17.7 Å². The van der Waals surface area contributed by atoms with E-state index in [0.29, 0.717) is 21.9 Å². The molecule has 2 rings (SSSR count). The molecule has 0 saturated carbocycles. The minimum absolute atomic E-state index is 0.260. The highest BCUT2D eigenvalue weighted by molar-refractivity contribution is 9.10. The first-order valence-corrected chi connectivity index (χ1v) is 8.26. The summed E-state index contributed by atoms with van der Waals surface area (Å²) < 4.78 is 6.16. The largest absolute Gasteiger partial charge is 0.493 e. The Kier molecular flexibility index (Phi) is 5.96. The molecular weight excluding hydrogens is 376 g/mol. The highest BCUT2D eigenvalue weighted by atomic mass is 79.9. The van der Waals surface area contributed by atoms with Crippen molar-refractivity contribution in [3.63, 3.8) is 0 Å². The number of ether oxygens (including phenoxy) is 1. The molecule has 0 fully saturated rings. The van der Waals surface area contributed by atoms with Crippen molar-refractivity contribution in [3.05, 3.63) is 57.5 Å². The molecule has 21 heavy (non-hydrogen) atoms. The number of aromatic carboxylic acids is 1. The van der Waals surface area contributed by atoms with Crippen LogP contribution in [0.5, 0.6) is 5.75 Å². The van der Waals surface area contributed by atoms with Gasteiger partial charge in [0.1, 0.15) is 5.75 Å². The maximum atomic E-state index is 11.0. The molecule has 0 radical (unpaired) electrons. The lowest BCUT2D eigenvalue weighted by atomic mass is 10.2. The van der Waals surface area contributed by atoms with Gasteiger partial charge in [-0.05, 0) is 52.3 Å². The topological polar surface area (TPSA) is 46.5 Å². The minimum atomic E-state index is -0.945. The van der Waals surface area contributed by atoms with E-state index < -0.39 is 5.97 Å². The normalized spacial score (nSPS) is 10.4. The van der Waals surface area contributed by atoms with Crippen LogP contribution >= 0.6 is 39.3 Å². The number of benzene rings is 2. The summed E-state index contributed by atoms with van der Waals surface area (Å²) in [5.74, 6) is 0.498. The van der Waals surface area contributed by atoms with Crippen molar-refractivity contribution in [2.75, 3.05) is 12.4 Å². The molecule has 0 aliphatic heterocycles. The Morgan fingerprint density at radius 3 is 2.81 bits per heavy atom. The average Bonchev–Trinajstić information content (AvgIpc) is 2.45. The maximum Gasteiger partial charge on any atom is 0.336 e. The molecule has 0 aliphatic carbocycles. The van der Waals surface area contributed by atoms with Crippen molar-refractivity contribution < 1.29 is 14.6 Å². The van der Waals surface area contributed by atoms with Gasteiger partial charge in [0.25, 0.3) is 0 Å². The average molecular weight is 388 g/mol. The molecule has 0 atom stereocenters. The van der Waals surface area contributed by atoms with E-state index in [2.05, 4.69) is 15.9 Å². The standard InChI is InChI=1S/C15H12BrClO3S/c16-14-5-4-12(9-13(14)15(18)19)21-7-6-20-11-3-1-2-10(17)8-11/h1-5,8-9H,6-7H2,(H,18,19). The van der Waals surface area contributed by atoms with Gasteiger partial charge in [-0.25, -0.2) is 4.79 Å². The van der Waals surface area contributed by atoms with Gasteiger partial charge in [-0.15, -0.1) is 11.8 Å². The Bertz CT molecular complexity index is 649. The molecule has 0 unspecified atom stereocenters. The van der Waals surface area contributed by atoms with Crippen LogP contribution in [0.4, 0.5) is 0 Å². The molecular formula is C15H12BrClO3S. The second-order valence-corrected chi connectivity index (χ2v) is 6.56. The summed E-state index contributed by atoms with van der Waals surface area (Å²) in [6, 6.07) is 12.5. The van der Waals surface area contributed by atoms with Crippen LogP contribution in [-0.2, 0) is 0 Å². The smallest absolute Gasteiger partial charge is 0.336 e. The van der Waals surface area contributed by atoms with Crippen molar-refractivity contribution in [2.45, 2.75) is 4.90 Å². The Morgan fingerprint density at radius 2 is 2.10 bits per heavy atom. The number of carboxylic acids is 1. The summed E-state index contributed by atoms with van der Waals surface area (Å²) in [4.78, 5) is 11.9.